The maximum Gasteiger partial charge on any atom is 0.126 e. The fourth-order valence-corrected chi connectivity index (χ4v) is 1.66. The lowest BCUT2D eigenvalue weighted by molar-refractivity contribution is 0.527. The molecule has 0 aliphatic heterocycles. The SMILES string of the molecule is NNC(Cc1ccccc1F)c1ccnnc1. The standard InChI is InChI=1S/C12H13FN4/c13-11-4-2-1-3-9(11)7-12(17-14)10-5-6-15-16-8-10/h1-6,8,12,17H,7,14H2. The van der Waals surface area contributed by atoms with Gasteiger partial charge in [-0.2, -0.15) is 10.2 Å². The molecule has 0 aliphatic rings. The van der Waals surface area contributed by atoms with Gasteiger partial charge in [0.2, 0.25) is 0 Å². The van der Waals surface area contributed by atoms with E-state index < -0.39 is 0 Å². The van der Waals surface area contributed by atoms with Gasteiger partial charge in [-0.15, -0.1) is 0 Å². The molecule has 0 bridgehead atoms. The summed E-state index contributed by atoms with van der Waals surface area (Å²) < 4.78 is 13.5. The van der Waals surface area contributed by atoms with E-state index in [9.17, 15) is 4.39 Å². The van der Waals surface area contributed by atoms with Crippen molar-refractivity contribution in [3.8, 4) is 0 Å². The third-order valence-corrected chi connectivity index (χ3v) is 2.59. The van der Waals surface area contributed by atoms with Crippen molar-refractivity contribution in [1.29, 1.82) is 0 Å². The summed E-state index contributed by atoms with van der Waals surface area (Å²) in [5.74, 6) is 5.26. The van der Waals surface area contributed by atoms with E-state index in [1.807, 2.05) is 0 Å². The number of nitrogens with two attached hydrogens (primary N) is 1. The van der Waals surface area contributed by atoms with Crippen molar-refractivity contribution in [3.63, 3.8) is 0 Å². The first-order valence-electron chi connectivity index (χ1n) is 5.27. The summed E-state index contributed by atoms with van der Waals surface area (Å²) in [6.45, 7) is 0. The normalized spacial score (nSPS) is 12.4. The second kappa shape index (κ2) is 5.47. The van der Waals surface area contributed by atoms with E-state index in [4.69, 9.17) is 5.84 Å². The summed E-state index contributed by atoms with van der Waals surface area (Å²) in [6.07, 6.45) is 3.67. The quantitative estimate of drug-likeness (QED) is 0.617. The smallest absolute Gasteiger partial charge is 0.126 e. The van der Waals surface area contributed by atoms with Crippen LogP contribution in [0, 0.1) is 5.82 Å². The highest BCUT2D eigenvalue weighted by Crippen LogP contribution is 2.18. The van der Waals surface area contributed by atoms with Crippen molar-refractivity contribution in [2.24, 2.45) is 5.84 Å². The minimum absolute atomic E-state index is 0.178. The second-order valence-electron chi connectivity index (χ2n) is 3.69. The highest BCUT2D eigenvalue weighted by molar-refractivity contribution is 5.22. The van der Waals surface area contributed by atoms with Crippen molar-refractivity contribution in [1.82, 2.24) is 15.6 Å². The number of benzene rings is 1. The van der Waals surface area contributed by atoms with Gasteiger partial charge in [-0.1, -0.05) is 18.2 Å². The number of hydrogen-bond acceptors (Lipinski definition) is 4. The molecule has 4 nitrogen and oxygen atoms in total. The van der Waals surface area contributed by atoms with Crippen LogP contribution in [-0.4, -0.2) is 10.2 Å². The van der Waals surface area contributed by atoms with Crippen molar-refractivity contribution < 1.29 is 4.39 Å². The Morgan fingerprint density at radius 3 is 2.71 bits per heavy atom. The molecule has 1 heterocycles. The van der Waals surface area contributed by atoms with E-state index in [0.717, 1.165) is 5.56 Å². The van der Waals surface area contributed by atoms with E-state index in [2.05, 4.69) is 15.6 Å². The molecule has 1 aromatic carbocycles. The predicted molar refractivity (Wildman–Crippen MR) is 62.2 cm³/mol. The first-order chi connectivity index (χ1) is 8.31. The summed E-state index contributed by atoms with van der Waals surface area (Å²) in [7, 11) is 0. The van der Waals surface area contributed by atoms with Crippen LogP contribution in [0.15, 0.2) is 42.7 Å². The van der Waals surface area contributed by atoms with Gasteiger partial charge in [0.15, 0.2) is 0 Å². The summed E-state index contributed by atoms with van der Waals surface area (Å²) in [6, 6.07) is 8.27. The van der Waals surface area contributed by atoms with Gasteiger partial charge in [-0.05, 0) is 29.7 Å². The molecule has 2 aromatic rings. The Hall–Kier alpha value is -1.85. The van der Waals surface area contributed by atoms with Crippen LogP contribution in [0.2, 0.25) is 0 Å². The van der Waals surface area contributed by atoms with Crippen LogP contribution < -0.4 is 11.3 Å². The largest absolute Gasteiger partial charge is 0.271 e. The number of aromatic nitrogens is 2. The molecule has 5 heteroatoms. The molecule has 0 radical (unpaired) electrons. The maximum atomic E-state index is 13.5. The summed E-state index contributed by atoms with van der Waals surface area (Å²) in [4.78, 5) is 0. The van der Waals surface area contributed by atoms with Crippen LogP contribution in [-0.2, 0) is 6.42 Å². The predicted octanol–water partition coefficient (Wildman–Crippen LogP) is 1.36. The zero-order valence-electron chi connectivity index (χ0n) is 9.18. The summed E-state index contributed by atoms with van der Waals surface area (Å²) in [5.41, 5.74) is 4.16. The molecule has 0 spiro atoms. The van der Waals surface area contributed by atoms with Crippen LogP contribution >= 0.6 is 0 Å². The molecule has 0 amide bonds. The average Bonchev–Trinajstić information content (AvgIpc) is 2.39. The topological polar surface area (TPSA) is 63.8 Å². The zero-order valence-corrected chi connectivity index (χ0v) is 9.18. The van der Waals surface area contributed by atoms with Gasteiger partial charge in [0.05, 0.1) is 12.2 Å². The Balaban J connectivity index is 2.19. The minimum Gasteiger partial charge on any atom is -0.271 e. The lowest BCUT2D eigenvalue weighted by Crippen LogP contribution is -2.29. The van der Waals surface area contributed by atoms with Gasteiger partial charge in [-0.3, -0.25) is 11.3 Å². The monoisotopic (exact) mass is 232 g/mol. The molecular weight excluding hydrogens is 219 g/mol. The molecule has 0 fully saturated rings. The lowest BCUT2D eigenvalue weighted by atomic mass is 10.0. The van der Waals surface area contributed by atoms with Gasteiger partial charge in [0.25, 0.3) is 0 Å². The molecule has 0 aliphatic carbocycles. The first-order valence-corrected chi connectivity index (χ1v) is 5.27. The first kappa shape index (κ1) is 11.6. The molecule has 88 valence electrons. The molecule has 0 saturated heterocycles. The van der Waals surface area contributed by atoms with E-state index >= 15 is 0 Å². The number of hydrazine groups is 1. The Morgan fingerprint density at radius 1 is 1.24 bits per heavy atom. The zero-order chi connectivity index (χ0) is 12.1. The highest BCUT2D eigenvalue weighted by Gasteiger charge is 2.12. The minimum atomic E-state index is -0.227. The van der Waals surface area contributed by atoms with Crippen molar-refractivity contribution in [3.05, 3.63) is 59.7 Å². The molecule has 0 saturated carbocycles. The van der Waals surface area contributed by atoms with E-state index in [1.54, 1.807) is 36.7 Å². The van der Waals surface area contributed by atoms with Crippen molar-refractivity contribution >= 4 is 0 Å². The Kier molecular flexibility index (Phi) is 3.74. The third-order valence-electron chi connectivity index (χ3n) is 2.59. The average molecular weight is 232 g/mol. The van der Waals surface area contributed by atoms with Crippen LogP contribution in [0.3, 0.4) is 0 Å². The van der Waals surface area contributed by atoms with Crippen molar-refractivity contribution in [2.45, 2.75) is 12.5 Å². The highest BCUT2D eigenvalue weighted by atomic mass is 19.1. The van der Waals surface area contributed by atoms with Crippen LogP contribution in [0.4, 0.5) is 4.39 Å². The van der Waals surface area contributed by atoms with Gasteiger partial charge in [-0.25, -0.2) is 4.39 Å². The van der Waals surface area contributed by atoms with Gasteiger partial charge < -0.3 is 0 Å². The Labute approximate surface area is 98.7 Å². The molecule has 1 aromatic heterocycles. The molecule has 1 unspecified atom stereocenters. The van der Waals surface area contributed by atoms with E-state index in [-0.39, 0.29) is 11.9 Å². The molecule has 3 N–H and O–H groups in total. The second-order valence-corrected chi connectivity index (χ2v) is 3.69. The van der Waals surface area contributed by atoms with E-state index in [1.165, 1.54) is 6.07 Å². The number of nitrogens with one attached hydrogen (secondary N) is 1. The number of nitrogens with zero attached hydrogens (tertiary/aromatic N) is 2. The number of rotatable bonds is 4. The molecular formula is C12H13FN4. The fourth-order valence-electron chi connectivity index (χ4n) is 1.66. The third kappa shape index (κ3) is 2.83. The van der Waals surface area contributed by atoms with Crippen LogP contribution in [0.1, 0.15) is 17.2 Å². The fraction of sp³-hybridized carbons (Fsp3) is 0.167. The van der Waals surface area contributed by atoms with E-state index in [0.29, 0.717) is 12.0 Å². The Bertz CT molecular complexity index is 475. The van der Waals surface area contributed by atoms with Gasteiger partial charge >= 0.3 is 0 Å². The number of hydrogen-bond donors (Lipinski definition) is 2. The van der Waals surface area contributed by atoms with Gasteiger partial charge in [0, 0.05) is 6.20 Å². The van der Waals surface area contributed by atoms with Gasteiger partial charge in [0.1, 0.15) is 5.82 Å². The Morgan fingerprint density at radius 2 is 2.06 bits per heavy atom. The van der Waals surface area contributed by atoms with Crippen LogP contribution in [0.25, 0.3) is 0 Å². The summed E-state index contributed by atoms with van der Waals surface area (Å²) >= 11 is 0. The molecule has 2 rings (SSSR count). The van der Waals surface area contributed by atoms with Crippen LogP contribution in [0.5, 0.6) is 0 Å². The summed E-state index contributed by atoms with van der Waals surface area (Å²) in [5, 5.41) is 7.47. The molecule has 1 atom stereocenters. The molecule has 17 heavy (non-hydrogen) atoms. The number of halogens is 1. The lowest BCUT2D eigenvalue weighted by Gasteiger charge is -2.15. The van der Waals surface area contributed by atoms with Crippen molar-refractivity contribution in [2.75, 3.05) is 0 Å². The maximum absolute atomic E-state index is 13.5.